The molecule has 2 atom stereocenters. The van der Waals surface area contributed by atoms with Crippen LogP contribution in [0.2, 0.25) is 0 Å². The zero-order valence-corrected chi connectivity index (χ0v) is 19.8. The Balaban J connectivity index is 0.000000583. The Morgan fingerprint density at radius 1 is 1.36 bits per heavy atom. The molecule has 3 nitrogen and oxygen atoms in total. The van der Waals surface area contributed by atoms with E-state index in [4.69, 9.17) is 5.73 Å². The molecule has 28 heavy (non-hydrogen) atoms. The average Bonchev–Trinajstić information content (AvgIpc) is 3.33. The summed E-state index contributed by atoms with van der Waals surface area (Å²) >= 11 is 6.27. The minimum atomic E-state index is -0.180. The molecule has 0 saturated heterocycles. The molecule has 1 aromatic carbocycles. The molecule has 1 heterocycles. The maximum absolute atomic E-state index is 4.74. The number of thiophene rings is 1. The van der Waals surface area contributed by atoms with Gasteiger partial charge >= 0.3 is 0 Å². The first kappa shape index (κ1) is 24.5. The predicted octanol–water partition coefficient (Wildman–Crippen LogP) is 5.48. The summed E-state index contributed by atoms with van der Waals surface area (Å²) in [6.45, 7) is 12.7. The molecule has 0 radical (unpaired) electrons. The number of aliphatic imine (C=N–C) groups is 1. The van der Waals surface area contributed by atoms with Gasteiger partial charge in [0.25, 0.3) is 0 Å². The standard InChI is InChI=1S/C19H23NS2.C2H6N2.C2H6/c1-5-19(9-8-14-10-13(2)6-7-16(14)19)18(3,20-4)17-11-15(21)12-22-17;1-4-2-3;1-2/h5-7,10-12,20-21H,1,8-9H2,2-4H3;2H,1H3,(H2,3,4);1-2H3/t18-,19?;;/m1../s1. The van der Waals surface area contributed by atoms with Crippen molar-refractivity contribution in [2.45, 2.75) is 56.4 Å². The quantitative estimate of drug-likeness (QED) is 0.267. The van der Waals surface area contributed by atoms with Crippen LogP contribution < -0.4 is 11.1 Å². The van der Waals surface area contributed by atoms with Gasteiger partial charge in [-0.05, 0) is 50.9 Å². The van der Waals surface area contributed by atoms with E-state index in [9.17, 15) is 0 Å². The molecule has 0 spiro atoms. The molecule has 0 aliphatic heterocycles. The van der Waals surface area contributed by atoms with E-state index in [1.54, 1.807) is 18.4 Å². The van der Waals surface area contributed by atoms with E-state index in [0.717, 1.165) is 17.7 Å². The lowest BCUT2D eigenvalue weighted by Gasteiger charge is -2.45. The lowest BCUT2D eigenvalue weighted by molar-refractivity contribution is 0.248. The number of rotatable bonds is 4. The normalized spacial score (nSPS) is 19.7. The minimum absolute atomic E-state index is 0.0874. The van der Waals surface area contributed by atoms with E-state index < -0.39 is 0 Å². The van der Waals surface area contributed by atoms with Crippen molar-refractivity contribution in [2.75, 3.05) is 14.1 Å². The summed E-state index contributed by atoms with van der Waals surface area (Å²) in [7, 11) is 3.68. The fraction of sp³-hybridized carbons (Fsp3) is 0.435. The highest BCUT2D eigenvalue weighted by atomic mass is 32.1. The van der Waals surface area contributed by atoms with Crippen LogP contribution in [0, 0.1) is 6.92 Å². The van der Waals surface area contributed by atoms with Crippen molar-refractivity contribution in [3.63, 3.8) is 0 Å². The molecule has 3 rings (SSSR count). The molecule has 0 bridgehead atoms. The van der Waals surface area contributed by atoms with Gasteiger partial charge in [0.05, 0.1) is 11.9 Å². The topological polar surface area (TPSA) is 50.4 Å². The van der Waals surface area contributed by atoms with Crippen molar-refractivity contribution < 1.29 is 0 Å². The van der Waals surface area contributed by atoms with E-state index >= 15 is 0 Å². The van der Waals surface area contributed by atoms with Crippen molar-refractivity contribution >= 4 is 30.3 Å². The van der Waals surface area contributed by atoms with Gasteiger partial charge in [-0.15, -0.1) is 30.5 Å². The van der Waals surface area contributed by atoms with Gasteiger partial charge in [-0.25, -0.2) is 0 Å². The number of hydrogen-bond donors (Lipinski definition) is 3. The van der Waals surface area contributed by atoms with Crippen LogP contribution in [0.1, 0.15) is 48.8 Å². The Hall–Kier alpha value is -1.56. The Bertz CT molecular complexity index is 793. The summed E-state index contributed by atoms with van der Waals surface area (Å²) in [5, 5.41) is 5.71. The highest BCUT2D eigenvalue weighted by Gasteiger charge is 2.51. The van der Waals surface area contributed by atoms with Gasteiger partial charge in [0.1, 0.15) is 0 Å². The van der Waals surface area contributed by atoms with Crippen LogP contribution in [-0.4, -0.2) is 20.4 Å². The van der Waals surface area contributed by atoms with Crippen molar-refractivity contribution in [1.29, 1.82) is 0 Å². The molecule has 5 heteroatoms. The maximum Gasteiger partial charge on any atom is 0.0794 e. The number of thiol groups is 1. The van der Waals surface area contributed by atoms with E-state index in [1.165, 1.54) is 27.9 Å². The Kier molecular flexibility index (Phi) is 9.48. The van der Waals surface area contributed by atoms with Crippen molar-refractivity contribution in [2.24, 2.45) is 10.7 Å². The molecule has 1 unspecified atom stereocenters. The van der Waals surface area contributed by atoms with Crippen LogP contribution in [0.15, 0.2) is 52.2 Å². The van der Waals surface area contributed by atoms with Crippen LogP contribution in [0.3, 0.4) is 0 Å². The summed E-state index contributed by atoms with van der Waals surface area (Å²) in [4.78, 5) is 5.73. The zero-order valence-electron chi connectivity index (χ0n) is 18.0. The fourth-order valence-electron chi connectivity index (χ4n) is 3.92. The largest absolute Gasteiger partial charge is 0.390 e. The van der Waals surface area contributed by atoms with Crippen molar-refractivity contribution in [3.05, 3.63) is 63.9 Å². The molecule has 2 aromatic rings. The molecule has 3 N–H and O–H groups in total. The number of nitrogens with two attached hydrogens (primary N) is 1. The number of nitrogens with one attached hydrogen (secondary N) is 1. The van der Waals surface area contributed by atoms with Crippen LogP contribution in [0.4, 0.5) is 0 Å². The number of hydrogen-bond acceptors (Lipinski definition) is 4. The second-order valence-corrected chi connectivity index (χ2v) is 8.22. The first-order valence-electron chi connectivity index (χ1n) is 9.71. The first-order chi connectivity index (χ1) is 13.4. The lowest BCUT2D eigenvalue weighted by atomic mass is 9.65. The predicted molar refractivity (Wildman–Crippen MR) is 129 cm³/mol. The third-order valence-electron chi connectivity index (χ3n) is 5.50. The Labute approximate surface area is 180 Å². The zero-order chi connectivity index (χ0) is 21.4. The van der Waals surface area contributed by atoms with Crippen LogP contribution in [-0.2, 0) is 17.4 Å². The molecule has 0 amide bonds. The third kappa shape index (κ3) is 4.53. The first-order valence-corrected chi connectivity index (χ1v) is 11.0. The van der Waals surface area contributed by atoms with Gasteiger partial charge in [-0.2, -0.15) is 0 Å². The van der Waals surface area contributed by atoms with Gasteiger partial charge in [-0.3, -0.25) is 4.99 Å². The van der Waals surface area contributed by atoms with E-state index in [-0.39, 0.29) is 11.0 Å². The highest BCUT2D eigenvalue weighted by Crippen LogP contribution is 2.52. The Morgan fingerprint density at radius 2 is 2.00 bits per heavy atom. The number of nitrogens with zero attached hydrogens (tertiary/aromatic N) is 1. The second-order valence-electron chi connectivity index (χ2n) is 6.79. The fourth-order valence-corrected chi connectivity index (χ4v) is 5.33. The highest BCUT2D eigenvalue weighted by molar-refractivity contribution is 7.80. The molecular formula is C23H35N3S2. The summed E-state index contributed by atoms with van der Waals surface area (Å²) in [6.07, 6.45) is 5.61. The summed E-state index contributed by atoms with van der Waals surface area (Å²) in [6, 6.07) is 9.03. The van der Waals surface area contributed by atoms with Gasteiger partial charge in [-0.1, -0.05) is 43.7 Å². The molecule has 0 fully saturated rings. The summed E-state index contributed by atoms with van der Waals surface area (Å²) in [5.74, 6) is 0. The molecule has 1 aromatic heterocycles. The molecule has 1 aliphatic carbocycles. The SMILES string of the molecule is C=CC1([C@](C)(NC)c2cc(S)cs2)CCc2cc(C)ccc21.CC.CN=CN. The van der Waals surface area contributed by atoms with E-state index in [2.05, 4.69) is 86.1 Å². The molecule has 154 valence electrons. The lowest BCUT2D eigenvalue weighted by Crippen LogP contribution is -2.52. The van der Waals surface area contributed by atoms with Gasteiger partial charge in [0, 0.05) is 27.6 Å². The van der Waals surface area contributed by atoms with Crippen LogP contribution in [0.25, 0.3) is 0 Å². The summed E-state index contributed by atoms with van der Waals surface area (Å²) in [5.41, 5.74) is 8.68. The molecule has 0 saturated carbocycles. The minimum Gasteiger partial charge on any atom is -0.390 e. The van der Waals surface area contributed by atoms with Crippen LogP contribution in [0.5, 0.6) is 0 Å². The van der Waals surface area contributed by atoms with Crippen LogP contribution >= 0.6 is 24.0 Å². The van der Waals surface area contributed by atoms with Gasteiger partial charge in [0.2, 0.25) is 0 Å². The van der Waals surface area contributed by atoms with E-state index in [0.29, 0.717) is 0 Å². The second kappa shape index (κ2) is 10.8. The number of fused-ring (bicyclic) bond motifs is 1. The van der Waals surface area contributed by atoms with E-state index in [1.807, 2.05) is 13.8 Å². The monoisotopic (exact) mass is 417 g/mol. The number of likely N-dealkylation sites (N-methyl/N-ethyl adjacent to an activating group) is 1. The number of aryl methyl sites for hydroxylation is 2. The molecule has 1 aliphatic rings. The smallest absolute Gasteiger partial charge is 0.0794 e. The maximum atomic E-state index is 4.74. The average molecular weight is 418 g/mol. The van der Waals surface area contributed by atoms with Crippen molar-refractivity contribution in [3.8, 4) is 0 Å². The van der Waals surface area contributed by atoms with Gasteiger partial charge < -0.3 is 11.1 Å². The van der Waals surface area contributed by atoms with Crippen molar-refractivity contribution in [1.82, 2.24) is 5.32 Å². The number of benzene rings is 1. The Morgan fingerprint density at radius 3 is 2.46 bits per heavy atom. The third-order valence-corrected chi connectivity index (χ3v) is 7.08. The van der Waals surface area contributed by atoms with Gasteiger partial charge in [0.15, 0.2) is 0 Å². The molecular weight excluding hydrogens is 382 g/mol. The summed E-state index contributed by atoms with van der Waals surface area (Å²) < 4.78 is 0.